The molecule has 43 heavy (non-hydrogen) atoms. The Morgan fingerprint density at radius 1 is 1.21 bits per heavy atom. The van der Waals surface area contributed by atoms with Crippen molar-refractivity contribution in [1.82, 2.24) is 24.9 Å². The van der Waals surface area contributed by atoms with Crippen molar-refractivity contribution in [1.29, 1.82) is 0 Å². The highest BCUT2D eigenvalue weighted by Gasteiger charge is 2.50. The standard InChI is InChI=1S/C29H30ClFN6O5S/c1-3-40-29(12-41-29)42-13-39-28(38)20-15-4-6-16(7-5-15)22(20)35-26-21(31)24(18-8-9-19(30)43-18)36-25(37-26)17-11-33-27-23(17)34-14(2)10-32-27/h8-11,15-16,20,22H,3-7,12-13H2,1-2H3,(H,32,33)(H,35,36,37)/t15?,16?,20-,22-,29?/m0/s1. The van der Waals surface area contributed by atoms with E-state index >= 15 is 4.39 Å². The monoisotopic (exact) mass is 628 g/mol. The van der Waals surface area contributed by atoms with E-state index in [2.05, 4.69) is 30.2 Å². The van der Waals surface area contributed by atoms with E-state index in [9.17, 15) is 4.79 Å². The number of ether oxygens (including phenoxy) is 4. The van der Waals surface area contributed by atoms with Crippen molar-refractivity contribution in [2.24, 2.45) is 17.8 Å². The van der Waals surface area contributed by atoms with Crippen LogP contribution in [-0.4, -0.2) is 62.9 Å². The summed E-state index contributed by atoms with van der Waals surface area (Å²) in [7, 11) is 0. The van der Waals surface area contributed by atoms with Gasteiger partial charge in [-0.3, -0.25) is 9.53 Å². The molecule has 1 unspecified atom stereocenters. The number of thiophene rings is 1. The van der Waals surface area contributed by atoms with Crippen LogP contribution in [0.3, 0.4) is 0 Å². The number of aryl methyl sites for hydroxylation is 1. The number of aromatic amines is 1. The number of nitrogens with zero attached hydrogens (tertiary/aromatic N) is 4. The zero-order chi connectivity index (χ0) is 29.7. The lowest BCUT2D eigenvalue weighted by Gasteiger charge is -2.47. The summed E-state index contributed by atoms with van der Waals surface area (Å²) in [6.07, 6.45) is 7.03. The van der Waals surface area contributed by atoms with Gasteiger partial charge in [0.2, 0.25) is 0 Å². The summed E-state index contributed by atoms with van der Waals surface area (Å²) >= 11 is 7.44. The van der Waals surface area contributed by atoms with Crippen LogP contribution in [0.15, 0.2) is 24.5 Å². The molecule has 4 aromatic heterocycles. The zero-order valence-electron chi connectivity index (χ0n) is 23.6. The summed E-state index contributed by atoms with van der Waals surface area (Å²) in [5.41, 5.74) is 2.57. The number of aromatic nitrogens is 5. The van der Waals surface area contributed by atoms with Gasteiger partial charge < -0.3 is 24.5 Å². The molecule has 3 atom stereocenters. The highest BCUT2D eigenvalue weighted by Crippen LogP contribution is 2.47. The molecule has 3 saturated carbocycles. The third kappa shape index (κ3) is 5.48. The minimum absolute atomic E-state index is 0.00719. The molecular weight excluding hydrogens is 599 g/mol. The Kier molecular flexibility index (Phi) is 7.54. The summed E-state index contributed by atoms with van der Waals surface area (Å²) in [6, 6.07) is 3.04. The van der Waals surface area contributed by atoms with E-state index in [1.54, 1.807) is 24.5 Å². The molecule has 1 saturated heterocycles. The number of nitrogens with one attached hydrogen (secondary N) is 2. The van der Waals surface area contributed by atoms with Crippen LogP contribution in [0.5, 0.6) is 0 Å². The molecule has 226 valence electrons. The summed E-state index contributed by atoms with van der Waals surface area (Å²) in [4.78, 5) is 35.4. The largest absolute Gasteiger partial charge is 0.438 e. The van der Waals surface area contributed by atoms with Crippen molar-refractivity contribution in [2.75, 3.05) is 25.3 Å². The van der Waals surface area contributed by atoms with Crippen LogP contribution in [0.4, 0.5) is 10.2 Å². The molecule has 4 aromatic rings. The van der Waals surface area contributed by atoms with Crippen LogP contribution in [0.2, 0.25) is 4.34 Å². The second-order valence-corrected chi connectivity index (χ2v) is 12.8. The fourth-order valence-corrected chi connectivity index (χ4v) is 7.36. The lowest BCUT2D eigenvalue weighted by atomic mass is 9.61. The van der Waals surface area contributed by atoms with Crippen molar-refractivity contribution in [2.45, 2.75) is 51.5 Å². The molecule has 0 aromatic carbocycles. The molecule has 3 aliphatic carbocycles. The number of hydrogen-bond donors (Lipinski definition) is 2. The fourth-order valence-electron chi connectivity index (χ4n) is 6.33. The number of carbonyl (C=O) groups excluding carboxylic acids is 1. The molecule has 2 N–H and O–H groups in total. The second-order valence-electron chi connectivity index (χ2n) is 11.1. The molecule has 8 rings (SSSR count). The first-order valence-electron chi connectivity index (χ1n) is 14.3. The average molecular weight is 629 g/mol. The first-order chi connectivity index (χ1) is 20.8. The Bertz CT molecular complexity index is 1670. The van der Waals surface area contributed by atoms with Crippen molar-refractivity contribution >= 4 is 45.9 Å². The van der Waals surface area contributed by atoms with Gasteiger partial charge in [-0.15, -0.1) is 11.3 Å². The van der Waals surface area contributed by atoms with Gasteiger partial charge in [-0.2, -0.15) is 0 Å². The van der Waals surface area contributed by atoms with Gasteiger partial charge in [0.15, 0.2) is 29.9 Å². The van der Waals surface area contributed by atoms with Gasteiger partial charge in [0.1, 0.15) is 17.8 Å². The van der Waals surface area contributed by atoms with E-state index < -0.39 is 23.7 Å². The summed E-state index contributed by atoms with van der Waals surface area (Å²) < 4.78 is 38.6. The van der Waals surface area contributed by atoms with Crippen LogP contribution in [0.1, 0.15) is 38.3 Å². The third-order valence-electron chi connectivity index (χ3n) is 8.42. The fraction of sp³-hybridized carbons (Fsp3) is 0.483. The van der Waals surface area contributed by atoms with Crippen molar-refractivity contribution in [3.63, 3.8) is 0 Å². The molecule has 11 nitrogen and oxygen atoms in total. The Labute approximate surface area is 255 Å². The topological polar surface area (TPSA) is 137 Å². The minimum atomic E-state index is -1.13. The molecule has 0 radical (unpaired) electrons. The predicted molar refractivity (Wildman–Crippen MR) is 157 cm³/mol. The number of halogens is 2. The molecule has 0 amide bonds. The van der Waals surface area contributed by atoms with Crippen LogP contribution < -0.4 is 5.32 Å². The van der Waals surface area contributed by atoms with Crippen molar-refractivity contribution in [3.05, 3.63) is 40.4 Å². The molecule has 4 fully saturated rings. The summed E-state index contributed by atoms with van der Waals surface area (Å²) in [5, 5.41) is 3.34. The predicted octanol–water partition coefficient (Wildman–Crippen LogP) is 5.70. The maximum Gasteiger partial charge on any atom is 0.313 e. The number of esters is 1. The number of carbonyl (C=O) groups is 1. The number of rotatable bonds is 10. The molecule has 2 bridgehead atoms. The summed E-state index contributed by atoms with van der Waals surface area (Å²) in [6.45, 7) is 4.07. The maximum absolute atomic E-state index is 16.3. The van der Waals surface area contributed by atoms with Crippen LogP contribution in [0, 0.1) is 30.5 Å². The first kappa shape index (κ1) is 28.5. The first-order valence-corrected chi connectivity index (χ1v) is 15.5. The van der Waals surface area contributed by atoms with E-state index in [1.165, 1.54) is 11.3 Å². The Hall–Kier alpha value is -3.23. The Balaban J connectivity index is 1.22. The van der Waals surface area contributed by atoms with Crippen LogP contribution >= 0.6 is 22.9 Å². The SMILES string of the molecule is CCOC1(OCOC(=O)[C@H]2C3CCC(CC3)[C@@H]2Nc2nc(-c3c[nH]c4ncc(C)nc34)nc(-c3ccc(Cl)s3)c2F)CO1. The van der Waals surface area contributed by atoms with Gasteiger partial charge in [0.25, 0.3) is 0 Å². The molecule has 0 spiro atoms. The average Bonchev–Trinajstić information content (AvgIpc) is 3.41. The summed E-state index contributed by atoms with van der Waals surface area (Å²) in [5.74, 6) is -2.14. The molecular formula is C29H30ClFN6O5S. The lowest BCUT2D eigenvalue weighted by Crippen LogP contribution is -2.52. The van der Waals surface area contributed by atoms with E-state index in [0.29, 0.717) is 32.5 Å². The van der Waals surface area contributed by atoms with Crippen LogP contribution in [0.25, 0.3) is 33.1 Å². The highest BCUT2D eigenvalue weighted by molar-refractivity contribution is 7.19. The highest BCUT2D eigenvalue weighted by atomic mass is 35.5. The third-order valence-corrected chi connectivity index (χ3v) is 9.66. The molecule has 1 aliphatic heterocycles. The van der Waals surface area contributed by atoms with E-state index in [-0.39, 0.29) is 48.6 Å². The lowest BCUT2D eigenvalue weighted by molar-refractivity contribution is -0.259. The maximum atomic E-state index is 16.3. The number of hydrogen-bond acceptors (Lipinski definition) is 11. The Morgan fingerprint density at radius 3 is 2.72 bits per heavy atom. The smallest absolute Gasteiger partial charge is 0.313 e. The van der Waals surface area contributed by atoms with Gasteiger partial charge in [-0.1, -0.05) is 11.6 Å². The molecule has 5 heterocycles. The number of anilines is 1. The Morgan fingerprint density at radius 2 is 2.00 bits per heavy atom. The molecule has 4 aliphatic rings. The quantitative estimate of drug-likeness (QED) is 0.128. The van der Waals surface area contributed by atoms with Gasteiger partial charge in [0, 0.05) is 18.8 Å². The molecule has 14 heteroatoms. The van der Waals surface area contributed by atoms with E-state index in [0.717, 1.165) is 31.4 Å². The minimum Gasteiger partial charge on any atom is -0.438 e. The van der Waals surface area contributed by atoms with Gasteiger partial charge in [-0.05, 0) is 63.5 Å². The van der Waals surface area contributed by atoms with Gasteiger partial charge >= 0.3 is 11.9 Å². The van der Waals surface area contributed by atoms with Crippen molar-refractivity contribution in [3.8, 4) is 22.0 Å². The zero-order valence-corrected chi connectivity index (χ0v) is 25.1. The number of H-pyrrole nitrogens is 1. The van der Waals surface area contributed by atoms with Crippen LogP contribution in [-0.2, 0) is 23.7 Å². The normalized spacial score (nSPS) is 26.1. The van der Waals surface area contributed by atoms with E-state index in [1.807, 2.05) is 13.8 Å². The number of fused-ring (bicyclic) bond motifs is 4. The van der Waals surface area contributed by atoms with E-state index in [4.69, 9.17) is 30.5 Å². The number of epoxide rings is 1. The second kappa shape index (κ2) is 11.4. The van der Waals surface area contributed by atoms with Gasteiger partial charge in [-0.25, -0.2) is 24.3 Å². The van der Waals surface area contributed by atoms with Crippen molar-refractivity contribution < 1.29 is 28.1 Å². The van der Waals surface area contributed by atoms with Gasteiger partial charge in [0.05, 0.1) is 32.6 Å².